The molecule has 1 atom stereocenters. The summed E-state index contributed by atoms with van der Waals surface area (Å²) in [6, 6.07) is 13.6. The summed E-state index contributed by atoms with van der Waals surface area (Å²) in [5.74, 6) is -0.926. The van der Waals surface area contributed by atoms with Gasteiger partial charge in [-0.2, -0.15) is 0 Å². The molecule has 20 heavy (non-hydrogen) atoms. The Morgan fingerprint density at radius 2 is 1.70 bits per heavy atom. The zero-order valence-corrected chi connectivity index (χ0v) is 12.0. The van der Waals surface area contributed by atoms with E-state index in [0.717, 1.165) is 5.56 Å². The zero-order valence-electron chi connectivity index (χ0n) is 10.5. The summed E-state index contributed by atoms with van der Waals surface area (Å²) in [6.45, 7) is 0. The number of halogens is 2. The van der Waals surface area contributed by atoms with E-state index in [4.69, 9.17) is 23.2 Å². The lowest BCUT2D eigenvalue weighted by atomic mass is 10.1. The summed E-state index contributed by atoms with van der Waals surface area (Å²) in [4.78, 5) is 11.3. The van der Waals surface area contributed by atoms with Crippen LogP contribution in [-0.2, 0) is 11.2 Å². The molecule has 0 saturated heterocycles. The molecule has 0 aliphatic rings. The quantitative estimate of drug-likeness (QED) is 0.874. The molecule has 2 N–H and O–H groups in total. The molecular formula is C15H13Cl2NO2. The molecule has 104 valence electrons. The first-order chi connectivity index (χ1) is 9.54. The van der Waals surface area contributed by atoms with E-state index in [1.807, 2.05) is 30.3 Å². The second-order valence-electron chi connectivity index (χ2n) is 4.38. The number of carboxylic acid groups (broad SMARTS) is 1. The Labute approximate surface area is 127 Å². The van der Waals surface area contributed by atoms with E-state index in [1.54, 1.807) is 18.2 Å². The van der Waals surface area contributed by atoms with Crippen LogP contribution in [0, 0.1) is 0 Å². The van der Waals surface area contributed by atoms with Crippen LogP contribution in [0.3, 0.4) is 0 Å². The lowest BCUT2D eigenvalue weighted by Gasteiger charge is -2.16. The minimum atomic E-state index is -0.926. The minimum Gasteiger partial charge on any atom is -0.480 e. The van der Waals surface area contributed by atoms with E-state index < -0.39 is 12.0 Å². The smallest absolute Gasteiger partial charge is 0.326 e. The third-order valence-corrected chi connectivity index (χ3v) is 3.22. The van der Waals surface area contributed by atoms with E-state index in [9.17, 15) is 9.90 Å². The second-order valence-corrected chi connectivity index (χ2v) is 5.26. The van der Waals surface area contributed by atoms with Crippen molar-refractivity contribution < 1.29 is 9.90 Å². The highest BCUT2D eigenvalue weighted by Crippen LogP contribution is 2.23. The van der Waals surface area contributed by atoms with Crippen molar-refractivity contribution in [1.29, 1.82) is 0 Å². The predicted molar refractivity (Wildman–Crippen MR) is 81.7 cm³/mol. The van der Waals surface area contributed by atoms with Crippen molar-refractivity contribution in [2.24, 2.45) is 0 Å². The average molecular weight is 310 g/mol. The topological polar surface area (TPSA) is 49.3 Å². The molecule has 0 fully saturated rings. The van der Waals surface area contributed by atoms with Crippen LogP contribution >= 0.6 is 23.2 Å². The van der Waals surface area contributed by atoms with Crippen LogP contribution in [0.2, 0.25) is 10.0 Å². The van der Waals surface area contributed by atoms with Crippen LogP contribution < -0.4 is 5.32 Å². The molecule has 0 saturated carbocycles. The lowest BCUT2D eigenvalue weighted by Crippen LogP contribution is -2.31. The Bertz CT molecular complexity index is 582. The van der Waals surface area contributed by atoms with Gasteiger partial charge < -0.3 is 10.4 Å². The van der Waals surface area contributed by atoms with Gasteiger partial charge in [-0.3, -0.25) is 0 Å². The number of hydrogen-bond acceptors (Lipinski definition) is 2. The molecule has 0 bridgehead atoms. The SMILES string of the molecule is O=C(O)C(Cc1ccccc1)Nc1cc(Cl)cc(Cl)c1. The Hall–Kier alpha value is -1.71. The molecule has 0 aliphatic carbocycles. The van der Waals surface area contributed by atoms with Gasteiger partial charge >= 0.3 is 5.97 Å². The third-order valence-electron chi connectivity index (χ3n) is 2.78. The van der Waals surface area contributed by atoms with Crippen molar-refractivity contribution in [2.75, 3.05) is 5.32 Å². The van der Waals surface area contributed by atoms with Crippen LogP contribution in [0.1, 0.15) is 5.56 Å². The lowest BCUT2D eigenvalue weighted by molar-refractivity contribution is -0.137. The summed E-state index contributed by atoms with van der Waals surface area (Å²) in [6.07, 6.45) is 0.375. The normalized spacial score (nSPS) is 11.9. The molecule has 0 heterocycles. The summed E-state index contributed by atoms with van der Waals surface area (Å²) in [5, 5.41) is 13.2. The number of hydrogen-bond donors (Lipinski definition) is 2. The first kappa shape index (κ1) is 14.7. The maximum Gasteiger partial charge on any atom is 0.326 e. The van der Waals surface area contributed by atoms with Crippen LogP contribution in [0.25, 0.3) is 0 Å². The number of anilines is 1. The maximum atomic E-state index is 11.3. The fraction of sp³-hybridized carbons (Fsp3) is 0.133. The van der Waals surface area contributed by atoms with Crippen molar-refractivity contribution in [1.82, 2.24) is 0 Å². The molecule has 0 aromatic heterocycles. The van der Waals surface area contributed by atoms with E-state index in [0.29, 0.717) is 22.2 Å². The van der Waals surface area contributed by atoms with E-state index >= 15 is 0 Å². The van der Waals surface area contributed by atoms with Gasteiger partial charge in [0.2, 0.25) is 0 Å². The number of carbonyl (C=O) groups is 1. The number of rotatable bonds is 5. The van der Waals surface area contributed by atoms with Crippen molar-refractivity contribution >= 4 is 34.9 Å². The van der Waals surface area contributed by atoms with Crippen molar-refractivity contribution in [3.05, 3.63) is 64.1 Å². The third kappa shape index (κ3) is 4.15. The van der Waals surface area contributed by atoms with Crippen molar-refractivity contribution in [3.63, 3.8) is 0 Å². The van der Waals surface area contributed by atoms with Crippen LogP contribution in [-0.4, -0.2) is 17.1 Å². The molecule has 1 unspecified atom stereocenters. The summed E-state index contributed by atoms with van der Waals surface area (Å²) in [7, 11) is 0. The van der Waals surface area contributed by atoms with Gasteiger partial charge in [0.25, 0.3) is 0 Å². The highest BCUT2D eigenvalue weighted by Gasteiger charge is 2.18. The second kappa shape index (κ2) is 6.64. The van der Waals surface area contributed by atoms with E-state index in [1.165, 1.54) is 0 Å². The molecule has 0 aliphatic heterocycles. The molecular weight excluding hydrogens is 297 g/mol. The molecule has 2 rings (SSSR count). The fourth-order valence-electron chi connectivity index (χ4n) is 1.89. The van der Waals surface area contributed by atoms with Gasteiger partial charge in [-0.15, -0.1) is 0 Å². The summed E-state index contributed by atoms with van der Waals surface area (Å²) in [5.41, 5.74) is 1.53. The van der Waals surface area contributed by atoms with Gasteiger partial charge in [0, 0.05) is 22.2 Å². The van der Waals surface area contributed by atoms with Gasteiger partial charge in [-0.05, 0) is 23.8 Å². The maximum absolute atomic E-state index is 11.3. The Morgan fingerprint density at radius 1 is 1.10 bits per heavy atom. The largest absolute Gasteiger partial charge is 0.480 e. The van der Waals surface area contributed by atoms with Gasteiger partial charge in [0.05, 0.1) is 0 Å². The number of carboxylic acids is 1. The molecule has 2 aromatic carbocycles. The minimum absolute atomic E-state index is 0.375. The van der Waals surface area contributed by atoms with Gasteiger partial charge in [0.1, 0.15) is 6.04 Å². The van der Waals surface area contributed by atoms with Crippen LogP contribution in [0.15, 0.2) is 48.5 Å². The van der Waals surface area contributed by atoms with Gasteiger partial charge in [-0.25, -0.2) is 4.79 Å². The first-order valence-electron chi connectivity index (χ1n) is 6.04. The monoisotopic (exact) mass is 309 g/mol. The molecule has 2 aromatic rings. The number of aliphatic carboxylic acids is 1. The number of nitrogens with one attached hydrogen (secondary N) is 1. The van der Waals surface area contributed by atoms with Gasteiger partial charge in [0.15, 0.2) is 0 Å². The predicted octanol–water partition coefficient (Wildman–Crippen LogP) is 4.10. The summed E-state index contributed by atoms with van der Waals surface area (Å²) >= 11 is 11.8. The standard InChI is InChI=1S/C15H13Cl2NO2/c16-11-7-12(17)9-13(8-11)18-14(15(19)20)6-10-4-2-1-3-5-10/h1-5,7-9,14,18H,6H2,(H,19,20). The molecule has 3 nitrogen and oxygen atoms in total. The Balaban J connectivity index is 2.15. The summed E-state index contributed by atoms with van der Waals surface area (Å²) < 4.78 is 0. The molecule has 0 spiro atoms. The fourth-order valence-corrected chi connectivity index (χ4v) is 2.41. The van der Waals surface area contributed by atoms with Crippen LogP contribution in [0.5, 0.6) is 0 Å². The Kier molecular flexibility index (Phi) is 4.88. The highest BCUT2D eigenvalue weighted by molar-refractivity contribution is 6.35. The zero-order chi connectivity index (χ0) is 14.5. The molecule has 0 radical (unpaired) electrons. The van der Waals surface area contributed by atoms with Crippen molar-refractivity contribution in [3.8, 4) is 0 Å². The Morgan fingerprint density at radius 3 is 2.25 bits per heavy atom. The molecule has 5 heteroatoms. The highest BCUT2D eigenvalue weighted by atomic mass is 35.5. The van der Waals surface area contributed by atoms with Crippen LogP contribution in [0.4, 0.5) is 5.69 Å². The average Bonchev–Trinajstić information content (AvgIpc) is 2.38. The van der Waals surface area contributed by atoms with Gasteiger partial charge in [-0.1, -0.05) is 53.5 Å². The molecule has 0 amide bonds. The van der Waals surface area contributed by atoms with E-state index in [-0.39, 0.29) is 0 Å². The number of benzene rings is 2. The first-order valence-corrected chi connectivity index (χ1v) is 6.79. The van der Waals surface area contributed by atoms with Crippen molar-refractivity contribution in [2.45, 2.75) is 12.5 Å². The van der Waals surface area contributed by atoms with E-state index in [2.05, 4.69) is 5.32 Å².